The van der Waals surface area contributed by atoms with E-state index in [2.05, 4.69) is 5.32 Å². The molecule has 1 aromatic carbocycles. The molecule has 132 valence electrons. The summed E-state index contributed by atoms with van der Waals surface area (Å²) in [6.07, 6.45) is -4.68. The minimum absolute atomic E-state index is 0.180. The van der Waals surface area contributed by atoms with E-state index in [4.69, 9.17) is 0 Å². The van der Waals surface area contributed by atoms with Crippen LogP contribution < -0.4 is 5.32 Å². The molecule has 2 rings (SSSR count). The summed E-state index contributed by atoms with van der Waals surface area (Å²) >= 11 is 0. The van der Waals surface area contributed by atoms with Gasteiger partial charge in [-0.2, -0.15) is 13.2 Å². The lowest BCUT2D eigenvalue weighted by molar-refractivity contribution is -0.157. The van der Waals surface area contributed by atoms with Crippen molar-refractivity contribution in [2.75, 3.05) is 13.1 Å². The molecule has 1 fully saturated rings. The van der Waals surface area contributed by atoms with E-state index in [0.29, 0.717) is 4.90 Å². The predicted octanol–water partition coefficient (Wildman–Crippen LogP) is 2.38. The lowest BCUT2D eigenvalue weighted by atomic mass is 9.83. The maximum atomic E-state index is 13.9. The summed E-state index contributed by atoms with van der Waals surface area (Å²) in [4.78, 5) is 24.7. The molecule has 24 heavy (non-hydrogen) atoms. The Labute approximate surface area is 136 Å². The highest BCUT2D eigenvalue weighted by atomic mass is 19.4. The first-order valence-corrected chi connectivity index (χ1v) is 7.41. The molecule has 4 nitrogen and oxygen atoms in total. The number of nitrogens with one attached hydrogen (secondary N) is 1. The Balaban J connectivity index is 2.05. The first-order chi connectivity index (χ1) is 11.0. The summed E-state index contributed by atoms with van der Waals surface area (Å²) < 4.78 is 51.1. The Morgan fingerprint density at radius 1 is 1.29 bits per heavy atom. The number of rotatable bonds is 4. The summed E-state index contributed by atoms with van der Waals surface area (Å²) in [5.41, 5.74) is -1.04. The molecule has 1 heterocycles. The second-order valence-electron chi connectivity index (χ2n) is 6.37. The first kappa shape index (κ1) is 18.2. The van der Waals surface area contributed by atoms with Crippen molar-refractivity contribution in [2.24, 2.45) is 0 Å². The Morgan fingerprint density at radius 3 is 2.50 bits per heavy atom. The number of nitrogens with zero attached hydrogens (tertiary/aromatic N) is 1. The normalized spacial score (nSPS) is 18.8. The minimum atomic E-state index is -4.49. The largest absolute Gasteiger partial charge is 0.406 e. The van der Waals surface area contributed by atoms with Gasteiger partial charge in [0.15, 0.2) is 0 Å². The highest BCUT2D eigenvalue weighted by Crippen LogP contribution is 2.27. The molecule has 2 amide bonds. The molecule has 0 bridgehead atoms. The molecule has 1 aliphatic heterocycles. The van der Waals surface area contributed by atoms with Gasteiger partial charge in [-0.05, 0) is 19.9 Å². The topological polar surface area (TPSA) is 49.4 Å². The molecule has 1 saturated heterocycles. The monoisotopic (exact) mass is 346 g/mol. The predicted molar refractivity (Wildman–Crippen MR) is 78.6 cm³/mol. The van der Waals surface area contributed by atoms with Crippen molar-refractivity contribution in [2.45, 2.75) is 37.9 Å². The SMILES string of the molecule is CC(C)(C(=O)NC1CC(=O)N(CC(F)(F)F)C1)c1ccccc1F. The summed E-state index contributed by atoms with van der Waals surface area (Å²) in [7, 11) is 0. The number of alkyl halides is 3. The number of benzene rings is 1. The average Bonchev–Trinajstić information content (AvgIpc) is 2.76. The van der Waals surface area contributed by atoms with Gasteiger partial charge in [-0.3, -0.25) is 9.59 Å². The molecule has 0 radical (unpaired) electrons. The number of likely N-dealkylation sites (tertiary alicyclic amines) is 1. The van der Waals surface area contributed by atoms with E-state index in [1.165, 1.54) is 32.0 Å². The number of carbonyl (C=O) groups excluding carboxylic acids is 2. The smallest absolute Gasteiger partial charge is 0.350 e. The molecule has 0 aromatic heterocycles. The summed E-state index contributed by atoms with van der Waals surface area (Å²) in [6.45, 7) is 1.49. The molecule has 1 aromatic rings. The minimum Gasteiger partial charge on any atom is -0.350 e. The zero-order valence-electron chi connectivity index (χ0n) is 13.3. The number of hydrogen-bond donors (Lipinski definition) is 1. The van der Waals surface area contributed by atoms with Crippen LogP contribution in [0.15, 0.2) is 24.3 Å². The van der Waals surface area contributed by atoms with Crippen LogP contribution in [-0.2, 0) is 15.0 Å². The second kappa shape index (κ2) is 6.41. The third-order valence-electron chi connectivity index (χ3n) is 4.03. The molecule has 8 heteroatoms. The number of hydrogen-bond acceptors (Lipinski definition) is 2. The molecule has 1 aliphatic rings. The maximum Gasteiger partial charge on any atom is 0.406 e. The van der Waals surface area contributed by atoms with Crippen LogP contribution in [-0.4, -0.2) is 42.0 Å². The Morgan fingerprint density at radius 2 is 1.92 bits per heavy atom. The summed E-state index contributed by atoms with van der Waals surface area (Å²) in [5, 5.41) is 2.56. The molecule has 1 atom stereocenters. The fraction of sp³-hybridized carbons (Fsp3) is 0.500. The zero-order valence-corrected chi connectivity index (χ0v) is 13.3. The zero-order chi connectivity index (χ0) is 18.1. The van der Waals surface area contributed by atoms with Gasteiger partial charge in [0.25, 0.3) is 0 Å². The van der Waals surface area contributed by atoms with Crippen molar-refractivity contribution in [1.29, 1.82) is 0 Å². The van der Waals surface area contributed by atoms with Crippen molar-refractivity contribution >= 4 is 11.8 Å². The van der Waals surface area contributed by atoms with E-state index >= 15 is 0 Å². The fourth-order valence-corrected chi connectivity index (χ4v) is 2.69. The summed E-state index contributed by atoms with van der Waals surface area (Å²) in [5.74, 6) is -1.75. The number of amides is 2. The Kier molecular flexibility index (Phi) is 4.87. The first-order valence-electron chi connectivity index (χ1n) is 7.41. The lowest BCUT2D eigenvalue weighted by Crippen LogP contribution is -2.46. The molecule has 0 saturated carbocycles. The molecular weight excluding hydrogens is 328 g/mol. The van der Waals surface area contributed by atoms with Crippen molar-refractivity contribution in [1.82, 2.24) is 10.2 Å². The Hall–Kier alpha value is -2.12. The second-order valence-corrected chi connectivity index (χ2v) is 6.37. The van der Waals surface area contributed by atoms with Crippen molar-refractivity contribution in [3.63, 3.8) is 0 Å². The highest BCUT2D eigenvalue weighted by molar-refractivity contribution is 5.89. The number of carbonyl (C=O) groups is 2. The van der Waals surface area contributed by atoms with Crippen LogP contribution in [0.4, 0.5) is 17.6 Å². The van der Waals surface area contributed by atoms with E-state index in [-0.39, 0.29) is 18.5 Å². The van der Waals surface area contributed by atoms with E-state index in [1.807, 2.05) is 0 Å². The van der Waals surface area contributed by atoms with Crippen LogP contribution in [0.5, 0.6) is 0 Å². The van der Waals surface area contributed by atoms with E-state index < -0.39 is 41.8 Å². The third-order valence-corrected chi connectivity index (χ3v) is 4.03. The Bertz CT molecular complexity index is 643. The van der Waals surface area contributed by atoms with Crippen molar-refractivity contribution < 1.29 is 27.2 Å². The quantitative estimate of drug-likeness (QED) is 0.851. The van der Waals surface area contributed by atoms with Crippen molar-refractivity contribution in [3.8, 4) is 0 Å². The van der Waals surface area contributed by atoms with Crippen molar-refractivity contribution in [3.05, 3.63) is 35.6 Å². The van der Waals surface area contributed by atoms with Gasteiger partial charge in [-0.1, -0.05) is 18.2 Å². The van der Waals surface area contributed by atoms with Crippen LogP contribution in [0.3, 0.4) is 0 Å². The lowest BCUT2D eigenvalue weighted by Gasteiger charge is -2.26. The van der Waals surface area contributed by atoms with E-state index in [9.17, 15) is 27.2 Å². The van der Waals surface area contributed by atoms with Gasteiger partial charge >= 0.3 is 6.18 Å². The summed E-state index contributed by atoms with van der Waals surface area (Å²) in [6, 6.07) is 5.08. The van der Waals surface area contributed by atoms with Gasteiger partial charge in [0.05, 0.1) is 11.5 Å². The van der Waals surface area contributed by atoms with Crippen LogP contribution >= 0.6 is 0 Å². The molecule has 0 aliphatic carbocycles. The van der Waals surface area contributed by atoms with Crippen LogP contribution in [0.1, 0.15) is 25.8 Å². The fourth-order valence-electron chi connectivity index (χ4n) is 2.69. The van der Waals surface area contributed by atoms with E-state index in [1.54, 1.807) is 6.07 Å². The van der Waals surface area contributed by atoms with Gasteiger partial charge in [0.1, 0.15) is 12.4 Å². The molecular formula is C16H18F4N2O2. The van der Waals surface area contributed by atoms with E-state index in [0.717, 1.165) is 0 Å². The third kappa shape index (κ3) is 4.04. The maximum absolute atomic E-state index is 13.9. The molecule has 0 spiro atoms. The average molecular weight is 346 g/mol. The van der Waals surface area contributed by atoms with Crippen LogP contribution in [0, 0.1) is 5.82 Å². The molecule has 1 unspecified atom stereocenters. The van der Waals surface area contributed by atoms with Crippen LogP contribution in [0.2, 0.25) is 0 Å². The number of halogens is 4. The van der Waals surface area contributed by atoms with Gasteiger partial charge < -0.3 is 10.2 Å². The van der Waals surface area contributed by atoms with Gasteiger partial charge in [-0.15, -0.1) is 0 Å². The van der Waals surface area contributed by atoms with Gasteiger partial charge in [-0.25, -0.2) is 4.39 Å². The highest BCUT2D eigenvalue weighted by Gasteiger charge is 2.40. The van der Waals surface area contributed by atoms with Crippen LogP contribution in [0.25, 0.3) is 0 Å². The standard InChI is InChI=1S/C16H18F4N2O2/c1-15(2,11-5-3-4-6-12(11)17)14(24)21-10-7-13(23)22(8-10)9-16(18,19)20/h3-6,10H,7-9H2,1-2H3,(H,21,24). The van der Waals surface area contributed by atoms with Gasteiger partial charge in [0, 0.05) is 18.5 Å². The molecule has 1 N–H and O–H groups in total. The van der Waals surface area contributed by atoms with Gasteiger partial charge in [0.2, 0.25) is 11.8 Å².